The van der Waals surface area contributed by atoms with Gasteiger partial charge in [-0.25, -0.2) is 0 Å². The van der Waals surface area contributed by atoms with Crippen LogP contribution < -0.4 is 5.73 Å². The van der Waals surface area contributed by atoms with E-state index in [-0.39, 0.29) is 5.54 Å². The van der Waals surface area contributed by atoms with Gasteiger partial charge in [-0.2, -0.15) is 0 Å². The third kappa shape index (κ3) is 4.38. The van der Waals surface area contributed by atoms with Crippen molar-refractivity contribution in [1.82, 2.24) is 9.80 Å². The molecule has 0 amide bonds. The molecule has 1 aliphatic heterocycles. The fraction of sp³-hybridized carbons (Fsp3) is 0.714. The molecule has 134 valence electrons. The van der Waals surface area contributed by atoms with Gasteiger partial charge in [-0.3, -0.25) is 9.80 Å². The number of likely N-dealkylation sites (N-methyl/N-ethyl adjacent to an activating group) is 1. The van der Waals surface area contributed by atoms with Crippen LogP contribution in [0.4, 0.5) is 0 Å². The van der Waals surface area contributed by atoms with E-state index in [1.807, 2.05) is 0 Å². The van der Waals surface area contributed by atoms with E-state index < -0.39 is 0 Å². The topological polar surface area (TPSA) is 32.5 Å². The largest absolute Gasteiger partial charge is 0.329 e. The van der Waals surface area contributed by atoms with E-state index in [4.69, 9.17) is 5.73 Å². The first-order chi connectivity index (χ1) is 11.7. The second-order valence-electron chi connectivity index (χ2n) is 8.07. The van der Waals surface area contributed by atoms with Gasteiger partial charge in [0.05, 0.1) is 0 Å². The SMILES string of the molecule is CN(CC1CCCCC1)C1(CN)CCN(Cc2ccccc2)CC1. The van der Waals surface area contributed by atoms with Crippen molar-refractivity contribution in [2.75, 3.05) is 33.2 Å². The highest BCUT2D eigenvalue weighted by Crippen LogP contribution is 2.31. The molecule has 1 saturated carbocycles. The van der Waals surface area contributed by atoms with Crippen molar-refractivity contribution < 1.29 is 0 Å². The summed E-state index contributed by atoms with van der Waals surface area (Å²) >= 11 is 0. The van der Waals surface area contributed by atoms with Crippen LogP contribution in [-0.2, 0) is 6.54 Å². The first kappa shape index (κ1) is 17.9. The molecule has 0 radical (unpaired) electrons. The molecule has 2 N–H and O–H groups in total. The lowest BCUT2D eigenvalue weighted by atomic mass is 9.83. The van der Waals surface area contributed by atoms with Crippen LogP contribution in [0.3, 0.4) is 0 Å². The van der Waals surface area contributed by atoms with Crippen molar-refractivity contribution in [2.24, 2.45) is 11.7 Å². The van der Waals surface area contributed by atoms with Crippen LogP contribution in [0, 0.1) is 5.92 Å². The maximum absolute atomic E-state index is 6.28. The van der Waals surface area contributed by atoms with Gasteiger partial charge >= 0.3 is 0 Å². The Morgan fingerprint density at radius 2 is 1.75 bits per heavy atom. The summed E-state index contributed by atoms with van der Waals surface area (Å²) in [6.45, 7) is 5.46. The molecule has 1 saturated heterocycles. The van der Waals surface area contributed by atoms with Gasteiger partial charge < -0.3 is 5.73 Å². The van der Waals surface area contributed by atoms with Gasteiger partial charge in [0, 0.05) is 38.3 Å². The molecular formula is C21H35N3. The molecule has 3 rings (SSSR count). The van der Waals surface area contributed by atoms with Crippen molar-refractivity contribution >= 4 is 0 Å². The first-order valence-corrected chi connectivity index (χ1v) is 9.89. The zero-order chi connectivity index (χ0) is 16.8. The third-order valence-electron chi connectivity index (χ3n) is 6.48. The monoisotopic (exact) mass is 329 g/mol. The zero-order valence-corrected chi connectivity index (χ0v) is 15.4. The third-order valence-corrected chi connectivity index (χ3v) is 6.48. The fourth-order valence-electron chi connectivity index (χ4n) is 4.66. The molecule has 24 heavy (non-hydrogen) atoms. The lowest BCUT2D eigenvalue weighted by molar-refractivity contribution is 0.0288. The summed E-state index contributed by atoms with van der Waals surface area (Å²) in [5, 5.41) is 0. The second-order valence-corrected chi connectivity index (χ2v) is 8.07. The molecule has 1 aromatic carbocycles. The standard InChI is InChI=1S/C21H35N3/c1-23(16-19-8-4-2-5-9-19)21(18-22)12-14-24(15-13-21)17-20-10-6-3-7-11-20/h3,6-7,10-11,19H,2,4-5,8-9,12-18,22H2,1H3. The Morgan fingerprint density at radius 3 is 2.38 bits per heavy atom. The van der Waals surface area contributed by atoms with Crippen molar-refractivity contribution in [1.29, 1.82) is 0 Å². The summed E-state index contributed by atoms with van der Waals surface area (Å²) in [6, 6.07) is 10.8. The number of benzene rings is 1. The predicted molar refractivity (Wildman–Crippen MR) is 102 cm³/mol. The maximum Gasteiger partial charge on any atom is 0.0353 e. The summed E-state index contributed by atoms with van der Waals surface area (Å²) in [5.74, 6) is 0.898. The molecule has 1 aliphatic carbocycles. The average Bonchev–Trinajstić information content (AvgIpc) is 2.64. The van der Waals surface area contributed by atoms with E-state index in [0.717, 1.165) is 19.0 Å². The Bertz CT molecular complexity index is 473. The van der Waals surface area contributed by atoms with Gasteiger partial charge in [0.1, 0.15) is 0 Å². The highest BCUT2D eigenvalue weighted by Gasteiger charge is 2.37. The van der Waals surface area contributed by atoms with E-state index in [9.17, 15) is 0 Å². The number of likely N-dealkylation sites (tertiary alicyclic amines) is 1. The van der Waals surface area contributed by atoms with Crippen molar-refractivity contribution in [3.05, 3.63) is 35.9 Å². The minimum atomic E-state index is 0.227. The lowest BCUT2D eigenvalue weighted by Crippen LogP contribution is -2.58. The Labute approximate surface area is 148 Å². The van der Waals surface area contributed by atoms with Crippen LogP contribution in [-0.4, -0.2) is 48.6 Å². The molecule has 3 nitrogen and oxygen atoms in total. The van der Waals surface area contributed by atoms with Crippen LogP contribution in [0.5, 0.6) is 0 Å². The maximum atomic E-state index is 6.28. The molecule has 2 aliphatic rings. The number of rotatable bonds is 6. The molecule has 0 bridgehead atoms. The number of nitrogens with two attached hydrogens (primary N) is 1. The fourth-order valence-corrected chi connectivity index (χ4v) is 4.66. The second kappa shape index (κ2) is 8.46. The van der Waals surface area contributed by atoms with Crippen LogP contribution in [0.1, 0.15) is 50.5 Å². The molecule has 0 spiro atoms. The van der Waals surface area contributed by atoms with Gasteiger partial charge in [0.25, 0.3) is 0 Å². The minimum Gasteiger partial charge on any atom is -0.329 e. The molecular weight excluding hydrogens is 294 g/mol. The molecule has 1 heterocycles. The lowest BCUT2D eigenvalue weighted by Gasteiger charge is -2.48. The summed E-state index contributed by atoms with van der Waals surface area (Å²) < 4.78 is 0. The van der Waals surface area contributed by atoms with Crippen LogP contribution in [0.2, 0.25) is 0 Å². The Morgan fingerprint density at radius 1 is 1.08 bits per heavy atom. The number of nitrogens with zero attached hydrogens (tertiary/aromatic N) is 2. The zero-order valence-electron chi connectivity index (χ0n) is 15.4. The smallest absolute Gasteiger partial charge is 0.0353 e. The van der Waals surface area contributed by atoms with E-state index >= 15 is 0 Å². The van der Waals surface area contributed by atoms with Crippen molar-refractivity contribution in [3.8, 4) is 0 Å². The number of piperidine rings is 1. The highest BCUT2D eigenvalue weighted by atomic mass is 15.2. The molecule has 3 heteroatoms. The molecule has 0 unspecified atom stereocenters. The van der Waals surface area contributed by atoms with Crippen molar-refractivity contribution in [3.63, 3.8) is 0 Å². The molecule has 0 atom stereocenters. The van der Waals surface area contributed by atoms with Crippen molar-refractivity contribution in [2.45, 2.75) is 57.0 Å². The van der Waals surface area contributed by atoms with E-state index in [0.29, 0.717) is 0 Å². The Hall–Kier alpha value is -0.900. The predicted octanol–water partition coefficient (Wildman–Crippen LogP) is 3.49. The summed E-state index contributed by atoms with van der Waals surface area (Å²) in [4.78, 5) is 5.22. The molecule has 2 fully saturated rings. The summed E-state index contributed by atoms with van der Waals surface area (Å²) in [5.41, 5.74) is 7.93. The molecule has 1 aromatic rings. The summed E-state index contributed by atoms with van der Waals surface area (Å²) in [6.07, 6.45) is 9.56. The highest BCUT2D eigenvalue weighted by molar-refractivity contribution is 5.14. The minimum absolute atomic E-state index is 0.227. The average molecular weight is 330 g/mol. The van der Waals surface area contributed by atoms with Gasteiger partial charge in [-0.1, -0.05) is 49.6 Å². The van der Waals surface area contributed by atoms with Crippen LogP contribution in [0.15, 0.2) is 30.3 Å². The van der Waals surface area contributed by atoms with Crippen LogP contribution >= 0.6 is 0 Å². The Kier molecular flexibility index (Phi) is 6.31. The van der Waals surface area contributed by atoms with E-state index in [1.165, 1.54) is 70.1 Å². The molecule has 0 aromatic heterocycles. The Balaban J connectivity index is 1.53. The first-order valence-electron chi connectivity index (χ1n) is 9.89. The van der Waals surface area contributed by atoms with Gasteiger partial charge in [0.15, 0.2) is 0 Å². The van der Waals surface area contributed by atoms with Gasteiger partial charge in [-0.05, 0) is 44.2 Å². The van der Waals surface area contributed by atoms with Gasteiger partial charge in [0.2, 0.25) is 0 Å². The van der Waals surface area contributed by atoms with E-state index in [2.05, 4.69) is 47.2 Å². The van der Waals surface area contributed by atoms with Gasteiger partial charge in [-0.15, -0.1) is 0 Å². The van der Waals surface area contributed by atoms with E-state index in [1.54, 1.807) is 0 Å². The quantitative estimate of drug-likeness (QED) is 0.867. The summed E-state index contributed by atoms with van der Waals surface area (Å²) in [7, 11) is 2.33. The normalized spacial score (nSPS) is 22.8. The number of hydrogen-bond donors (Lipinski definition) is 1. The van der Waals surface area contributed by atoms with Crippen LogP contribution in [0.25, 0.3) is 0 Å². The number of hydrogen-bond acceptors (Lipinski definition) is 3.